The largest absolute Gasteiger partial charge is 0.477 e. The summed E-state index contributed by atoms with van der Waals surface area (Å²) >= 11 is 5.74. The Balaban J connectivity index is 1.63. The molecule has 168 valence electrons. The number of carboxylic acids is 1. The summed E-state index contributed by atoms with van der Waals surface area (Å²) in [6.45, 7) is 1.90. The number of nitrogens with one attached hydrogen (secondary N) is 1. The van der Waals surface area contributed by atoms with Crippen molar-refractivity contribution in [2.24, 2.45) is 0 Å². The van der Waals surface area contributed by atoms with E-state index in [1.165, 1.54) is 30.3 Å². The Kier molecular flexibility index (Phi) is 6.16. The minimum absolute atomic E-state index is 0.0117. The highest BCUT2D eigenvalue weighted by atomic mass is 35.5. The van der Waals surface area contributed by atoms with Gasteiger partial charge >= 0.3 is 5.97 Å². The highest BCUT2D eigenvalue weighted by molar-refractivity contribution is 6.30. The molecule has 1 aromatic heterocycles. The summed E-state index contributed by atoms with van der Waals surface area (Å²) in [5, 5.41) is 13.1. The van der Waals surface area contributed by atoms with Crippen LogP contribution in [0.1, 0.15) is 44.9 Å². The smallest absolute Gasteiger partial charge is 0.352 e. The van der Waals surface area contributed by atoms with E-state index < -0.39 is 11.8 Å². The van der Waals surface area contributed by atoms with Crippen molar-refractivity contribution in [2.75, 3.05) is 0 Å². The maximum atomic E-state index is 13.8. The predicted octanol–water partition coefficient (Wildman–Crippen LogP) is 5.81. The molecule has 1 amide bonds. The van der Waals surface area contributed by atoms with Gasteiger partial charge in [-0.25, -0.2) is 13.6 Å². The molecule has 0 saturated heterocycles. The minimum atomic E-state index is -1.14. The zero-order valence-corrected chi connectivity index (χ0v) is 18.2. The molecule has 0 aliphatic rings. The highest BCUT2D eigenvalue weighted by Crippen LogP contribution is 2.25. The van der Waals surface area contributed by atoms with Crippen LogP contribution in [0.25, 0.3) is 10.9 Å². The number of fused-ring (bicyclic) bond motifs is 1. The van der Waals surface area contributed by atoms with E-state index in [1.54, 1.807) is 47.9 Å². The summed E-state index contributed by atoms with van der Waals surface area (Å²) in [6.07, 6.45) is 0. The second-order valence-corrected chi connectivity index (χ2v) is 8.10. The van der Waals surface area contributed by atoms with Gasteiger partial charge in [0.25, 0.3) is 5.91 Å². The summed E-state index contributed by atoms with van der Waals surface area (Å²) in [6, 6.07) is 16.1. The molecule has 0 bridgehead atoms. The van der Waals surface area contributed by atoms with Crippen LogP contribution < -0.4 is 5.32 Å². The van der Waals surface area contributed by atoms with E-state index in [-0.39, 0.29) is 35.0 Å². The lowest BCUT2D eigenvalue weighted by molar-refractivity contribution is 0.0686. The Morgan fingerprint density at radius 3 is 2.42 bits per heavy atom. The fourth-order valence-corrected chi connectivity index (χ4v) is 3.81. The Hall–Kier alpha value is -3.71. The van der Waals surface area contributed by atoms with Gasteiger partial charge in [-0.2, -0.15) is 0 Å². The third kappa shape index (κ3) is 4.73. The van der Waals surface area contributed by atoms with E-state index in [1.807, 2.05) is 0 Å². The lowest BCUT2D eigenvalue weighted by atomic mass is 10.1. The van der Waals surface area contributed by atoms with Crippen molar-refractivity contribution in [3.05, 3.63) is 106 Å². The van der Waals surface area contributed by atoms with Gasteiger partial charge in [-0.3, -0.25) is 4.79 Å². The molecule has 1 unspecified atom stereocenters. The number of aromatic nitrogens is 1. The van der Waals surface area contributed by atoms with Gasteiger partial charge in [0.15, 0.2) is 0 Å². The van der Waals surface area contributed by atoms with Gasteiger partial charge in [-0.05, 0) is 66.6 Å². The van der Waals surface area contributed by atoms with Gasteiger partial charge in [-0.15, -0.1) is 0 Å². The number of amides is 1. The molecule has 0 fully saturated rings. The molecule has 1 heterocycles. The fourth-order valence-electron chi connectivity index (χ4n) is 3.70. The van der Waals surface area contributed by atoms with Crippen LogP contribution in [0.4, 0.5) is 8.78 Å². The van der Waals surface area contributed by atoms with Crippen molar-refractivity contribution < 1.29 is 23.5 Å². The van der Waals surface area contributed by atoms with Crippen LogP contribution in [0.2, 0.25) is 5.02 Å². The molecule has 0 radical (unpaired) electrons. The zero-order chi connectivity index (χ0) is 23.7. The lowest BCUT2D eigenvalue weighted by Gasteiger charge is -2.14. The Morgan fingerprint density at radius 1 is 1.03 bits per heavy atom. The first-order valence-corrected chi connectivity index (χ1v) is 10.5. The number of hydrogen-bond acceptors (Lipinski definition) is 2. The first kappa shape index (κ1) is 22.5. The van der Waals surface area contributed by atoms with Crippen molar-refractivity contribution in [3.63, 3.8) is 0 Å². The number of halogens is 3. The number of nitrogens with zero attached hydrogens (tertiary/aromatic N) is 1. The van der Waals surface area contributed by atoms with E-state index >= 15 is 0 Å². The second-order valence-electron chi connectivity index (χ2n) is 7.69. The third-order valence-electron chi connectivity index (χ3n) is 5.42. The molecule has 4 aromatic rings. The fraction of sp³-hybridized carbons (Fsp3) is 0.120. The minimum Gasteiger partial charge on any atom is -0.477 e. The quantitative estimate of drug-likeness (QED) is 0.375. The summed E-state index contributed by atoms with van der Waals surface area (Å²) in [4.78, 5) is 24.6. The third-order valence-corrected chi connectivity index (χ3v) is 5.73. The van der Waals surface area contributed by atoms with Crippen LogP contribution in [0.5, 0.6) is 0 Å². The molecule has 0 aliphatic heterocycles. The van der Waals surface area contributed by atoms with Crippen LogP contribution >= 0.6 is 11.6 Å². The number of carbonyl (C=O) groups is 2. The number of carbonyl (C=O) groups excluding carboxylic acids is 1. The van der Waals surface area contributed by atoms with E-state index in [0.29, 0.717) is 22.0 Å². The van der Waals surface area contributed by atoms with Crippen LogP contribution in [0.3, 0.4) is 0 Å². The van der Waals surface area contributed by atoms with Crippen molar-refractivity contribution in [1.29, 1.82) is 0 Å². The molecule has 3 aromatic carbocycles. The maximum absolute atomic E-state index is 13.8. The normalized spacial score (nSPS) is 12.0. The molecule has 33 heavy (non-hydrogen) atoms. The SMILES string of the molecule is CC(NC(=O)c1ccc2c(c1)cc(C(=O)O)n2Cc1ccc(Cl)c(F)c1)c1ccc(F)cc1. The second kappa shape index (κ2) is 9.03. The van der Waals surface area contributed by atoms with Gasteiger partial charge in [0.2, 0.25) is 0 Å². The van der Waals surface area contributed by atoms with Gasteiger partial charge < -0.3 is 15.0 Å². The molecule has 0 aliphatic carbocycles. The van der Waals surface area contributed by atoms with E-state index in [0.717, 1.165) is 5.56 Å². The van der Waals surface area contributed by atoms with Gasteiger partial charge in [-0.1, -0.05) is 29.8 Å². The Labute approximate surface area is 193 Å². The average Bonchev–Trinajstić information content (AvgIpc) is 3.14. The molecule has 1 atom stereocenters. The van der Waals surface area contributed by atoms with Crippen molar-refractivity contribution in [2.45, 2.75) is 19.5 Å². The molecular weight excluding hydrogens is 450 g/mol. The van der Waals surface area contributed by atoms with Crippen molar-refractivity contribution in [1.82, 2.24) is 9.88 Å². The van der Waals surface area contributed by atoms with Gasteiger partial charge in [0.05, 0.1) is 11.1 Å². The molecule has 0 spiro atoms. The lowest BCUT2D eigenvalue weighted by Crippen LogP contribution is -2.26. The molecular formula is C25H19ClF2N2O3. The Bertz CT molecular complexity index is 1370. The van der Waals surface area contributed by atoms with E-state index in [4.69, 9.17) is 11.6 Å². The van der Waals surface area contributed by atoms with E-state index in [9.17, 15) is 23.5 Å². The first-order chi connectivity index (χ1) is 15.7. The number of carboxylic acid groups (broad SMARTS) is 1. The average molecular weight is 469 g/mol. The topological polar surface area (TPSA) is 71.3 Å². The standard InChI is InChI=1S/C25H19ClF2N2O3/c1-14(16-3-6-19(27)7-4-16)29-24(31)17-5-9-22-18(11-17)12-23(25(32)33)30(22)13-15-2-8-20(26)21(28)10-15/h2-12,14H,13H2,1H3,(H,29,31)(H,32,33). The van der Waals surface area contributed by atoms with E-state index in [2.05, 4.69) is 5.32 Å². The van der Waals surface area contributed by atoms with Crippen LogP contribution in [-0.4, -0.2) is 21.6 Å². The number of hydrogen-bond donors (Lipinski definition) is 2. The summed E-state index contributed by atoms with van der Waals surface area (Å²) in [5.41, 5.74) is 2.25. The zero-order valence-electron chi connectivity index (χ0n) is 17.5. The molecule has 2 N–H and O–H groups in total. The maximum Gasteiger partial charge on any atom is 0.352 e. The summed E-state index contributed by atoms with van der Waals surface area (Å²) < 4.78 is 28.5. The predicted molar refractivity (Wildman–Crippen MR) is 122 cm³/mol. The first-order valence-electron chi connectivity index (χ1n) is 10.1. The van der Waals surface area contributed by atoms with Crippen molar-refractivity contribution in [3.8, 4) is 0 Å². The monoisotopic (exact) mass is 468 g/mol. The van der Waals surface area contributed by atoms with Gasteiger partial charge in [0, 0.05) is 23.0 Å². The molecule has 5 nitrogen and oxygen atoms in total. The van der Waals surface area contributed by atoms with Crippen LogP contribution in [-0.2, 0) is 6.54 Å². The Morgan fingerprint density at radius 2 is 1.76 bits per heavy atom. The van der Waals surface area contributed by atoms with Crippen LogP contribution in [0.15, 0.2) is 66.7 Å². The van der Waals surface area contributed by atoms with Crippen LogP contribution in [0, 0.1) is 11.6 Å². The summed E-state index contributed by atoms with van der Waals surface area (Å²) in [5.74, 6) is -2.44. The molecule has 8 heteroatoms. The number of rotatable bonds is 6. The highest BCUT2D eigenvalue weighted by Gasteiger charge is 2.18. The number of benzene rings is 3. The number of aromatic carboxylic acids is 1. The summed E-state index contributed by atoms with van der Waals surface area (Å²) in [7, 11) is 0. The molecule has 4 rings (SSSR count). The van der Waals surface area contributed by atoms with Crippen molar-refractivity contribution >= 4 is 34.4 Å². The molecule has 0 saturated carbocycles. The van der Waals surface area contributed by atoms with Gasteiger partial charge in [0.1, 0.15) is 17.3 Å².